The number of pyridine rings is 1. The number of carboxylic acids is 1. The average molecular weight is 598 g/mol. The van der Waals surface area contributed by atoms with Crippen LogP contribution in [0.2, 0.25) is 0 Å². The van der Waals surface area contributed by atoms with Crippen molar-refractivity contribution < 1.29 is 27.8 Å². The number of aromatic carboxylic acids is 1. The maximum Gasteiger partial charge on any atom is 0.335 e. The molecule has 6 rings (SSSR count). The van der Waals surface area contributed by atoms with Gasteiger partial charge in [-0.25, -0.2) is 27.9 Å². The lowest BCUT2D eigenvalue weighted by atomic mass is 10.0. The Hall–Kier alpha value is -5.21. The molecule has 1 aliphatic rings. The lowest BCUT2D eigenvalue weighted by molar-refractivity contribution is 0.0697. The topological polar surface area (TPSA) is 104 Å². The van der Waals surface area contributed by atoms with Crippen LogP contribution in [-0.2, 0) is 19.6 Å². The van der Waals surface area contributed by atoms with E-state index < -0.39 is 23.4 Å². The van der Waals surface area contributed by atoms with E-state index in [1.54, 1.807) is 18.2 Å². The number of halogens is 3. The summed E-state index contributed by atoms with van der Waals surface area (Å²) >= 11 is 0. The SMILES string of the molecule is N#Cc1ccc(COc2cccc(-c3cc(F)c(Cc4nc5ccc(C(=O)O)cc5n4CCN4CCC4)cc3F)n2)c(F)c1. The third-order valence-corrected chi connectivity index (χ3v) is 7.70. The van der Waals surface area contributed by atoms with Gasteiger partial charge in [0.2, 0.25) is 5.88 Å². The number of ether oxygens (including phenoxy) is 1. The molecule has 0 saturated carbocycles. The summed E-state index contributed by atoms with van der Waals surface area (Å²) in [5.74, 6) is -2.41. The predicted octanol–water partition coefficient (Wildman–Crippen LogP) is 5.96. The van der Waals surface area contributed by atoms with Crippen LogP contribution in [0.1, 0.15) is 39.3 Å². The first kappa shape index (κ1) is 28.9. The number of imidazole rings is 1. The molecule has 0 amide bonds. The van der Waals surface area contributed by atoms with Crippen LogP contribution in [0.3, 0.4) is 0 Å². The number of nitrogens with zero attached hydrogens (tertiary/aromatic N) is 5. The molecule has 1 saturated heterocycles. The Bertz CT molecular complexity index is 1930. The Morgan fingerprint density at radius 2 is 1.75 bits per heavy atom. The van der Waals surface area contributed by atoms with Gasteiger partial charge in [-0.1, -0.05) is 12.1 Å². The standard InChI is InChI=1S/C33H26F3N5O3/c34-25-13-20(18-37)5-6-22(25)19-44-32-4-1-3-28(39-32)24-17-26(35)23(14-27(24)36)16-31-38-29-8-7-21(33(42)43)15-30(29)41(31)12-11-40-9-2-10-40/h1,3-8,13-15,17H,2,9-12,16,19H2,(H,42,43). The molecule has 44 heavy (non-hydrogen) atoms. The molecule has 1 N–H and O–H groups in total. The van der Waals surface area contributed by atoms with Crippen LogP contribution in [0.5, 0.6) is 5.88 Å². The van der Waals surface area contributed by atoms with E-state index in [1.165, 1.54) is 30.3 Å². The Morgan fingerprint density at radius 1 is 0.932 bits per heavy atom. The monoisotopic (exact) mass is 597 g/mol. The number of likely N-dealkylation sites (tertiary alicyclic amines) is 1. The van der Waals surface area contributed by atoms with Gasteiger partial charge in [0.05, 0.1) is 33.9 Å². The summed E-state index contributed by atoms with van der Waals surface area (Å²) < 4.78 is 52.7. The van der Waals surface area contributed by atoms with E-state index >= 15 is 8.78 Å². The normalized spacial score (nSPS) is 13.0. The number of hydrogen-bond donors (Lipinski definition) is 1. The number of fused-ring (bicyclic) bond motifs is 1. The first-order chi connectivity index (χ1) is 21.3. The van der Waals surface area contributed by atoms with Crippen LogP contribution < -0.4 is 4.74 Å². The first-order valence-corrected chi connectivity index (χ1v) is 14.0. The highest BCUT2D eigenvalue weighted by Crippen LogP contribution is 2.28. The van der Waals surface area contributed by atoms with Gasteiger partial charge in [0.25, 0.3) is 0 Å². The van der Waals surface area contributed by atoms with Crippen molar-refractivity contribution in [1.29, 1.82) is 5.26 Å². The molecule has 11 heteroatoms. The van der Waals surface area contributed by atoms with Gasteiger partial charge in [-0.3, -0.25) is 0 Å². The summed E-state index contributed by atoms with van der Waals surface area (Å²) in [5, 5.41) is 18.4. The molecule has 0 bridgehead atoms. The van der Waals surface area contributed by atoms with Crippen molar-refractivity contribution in [2.75, 3.05) is 19.6 Å². The average Bonchev–Trinajstić information content (AvgIpc) is 3.33. The zero-order chi connectivity index (χ0) is 30.8. The number of benzene rings is 3. The van der Waals surface area contributed by atoms with Gasteiger partial charge in [-0.15, -0.1) is 0 Å². The fourth-order valence-electron chi connectivity index (χ4n) is 5.16. The number of aromatic nitrogens is 3. The summed E-state index contributed by atoms with van der Waals surface area (Å²) in [4.78, 5) is 22.8. The Morgan fingerprint density at radius 3 is 2.48 bits per heavy atom. The Balaban J connectivity index is 1.25. The summed E-state index contributed by atoms with van der Waals surface area (Å²) in [6, 6.07) is 17.3. The van der Waals surface area contributed by atoms with Crippen LogP contribution in [0, 0.1) is 28.8 Å². The van der Waals surface area contributed by atoms with Crippen molar-refractivity contribution in [2.45, 2.75) is 26.0 Å². The quantitative estimate of drug-likeness (QED) is 0.212. The van der Waals surface area contributed by atoms with Gasteiger partial charge in [0.15, 0.2) is 0 Å². The van der Waals surface area contributed by atoms with E-state index in [2.05, 4.69) is 14.9 Å². The zero-order valence-electron chi connectivity index (χ0n) is 23.4. The minimum Gasteiger partial charge on any atom is -0.478 e. The smallest absolute Gasteiger partial charge is 0.335 e. The molecule has 3 heterocycles. The van der Waals surface area contributed by atoms with Gasteiger partial charge in [-0.05, 0) is 73.6 Å². The molecular formula is C33H26F3N5O3. The van der Waals surface area contributed by atoms with E-state index in [0.29, 0.717) is 23.4 Å². The van der Waals surface area contributed by atoms with E-state index in [0.717, 1.165) is 44.3 Å². The number of carboxylic acid groups (broad SMARTS) is 1. The van der Waals surface area contributed by atoms with Gasteiger partial charge in [0, 0.05) is 36.7 Å². The predicted molar refractivity (Wildman–Crippen MR) is 156 cm³/mol. The molecule has 1 fully saturated rings. The highest BCUT2D eigenvalue weighted by molar-refractivity contribution is 5.92. The highest BCUT2D eigenvalue weighted by atomic mass is 19.1. The van der Waals surface area contributed by atoms with Crippen LogP contribution in [0.25, 0.3) is 22.3 Å². The van der Waals surface area contributed by atoms with E-state index in [4.69, 9.17) is 10.00 Å². The molecule has 5 aromatic rings. The van der Waals surface area contributed by atoms with Crippen molar-refractivity contribution in [1.82, 2.24) is 19.4 Å². The van der Waals surface area contributed by atoms with E-state index in [-0.39, 0.29) is 52.4 Å². The maximum absolute atomic E-state index is 15.5. The lowest BCUT2D eigenvalue weighted by Gasteiger charge is -2.31. The molecular weight excluding hydrogens is 571 g/mol. The summed E-state index contributed by atoms with van der Waals surface area (Å²) in [5.41, 5.74) is 1.88. The molecule has 0 spiro atoms. The maximum atomic E-state index is 15.5. The Labute approximate surface area is 250 Å². The van der Waals surface area contributed by atoms with Crippen molar-refractivity contribution in [3.05, 3.63) is 112 Å². The molecule has 1 aliphatic heterocycles. The van der Waals surface area contributed by atoms with Gasteiger partial charge >= 0.3 is 5.97 Å². The summed E-state index contributed by atoms with van der Waals surface area (Å²) in [7, 11) is 0. The first-order valence-electron chi connectivity index (χ1n) is 14.0. The number of rotatable bonds is 10. The van der Waals surface area contributed by atoms with Crippen LogP contribution in [0.4, 0.5) is 13.2 Å². The van der Waals surface area contributed by atoms with Crippen LogP contribution >= 0.6 is 0 Å². The van der Waals surface area contributed by atoms with Gasteiger partial charge in [0.1, 0.15) is 29.9 Å². The van der Waals surface area contributed by atoms with Crippen molar-refractivity contribution in [3.8, 4) is 23.2 Å². The highest BCUT2D eigenvalue weighted by Gasteiger charge is 2.20. The number of carbonyl (C=O) groups is 1. The fourth-order valence-corrected chi connectivity index (χ4v) is 5.16. The second kappa shape index (κ2) is 12.2. The Kier molecular flexibility index (Phi) is 8.00. The molecule has 0 radical (unpaired) electrons. The van der Waals surface area contributed by atoms with Crippen LogP contribution in [-0.4, -0.2) is 50.1 Å². The van der Waals surface area contributed by atoms with Crippen LogP contribution in [0.15, 0.2) is 66.7 Å². The molecule has 222 valence electrons. The third-order valence-electron chi connectivity index (χ3n) is 7.70. The van der Waals surface area contributed by atoms with E-state index in [9.17, 15) is 14.3 Å². The van der Waals surface area contributed by atoms with Crippen molar-refractivity contribution in [2.24, 2.45) is 0 Å². The largest absolute Gasteiger partial charge is 0.478 e. The van der Waals surface area contributed by atoms with Gasteiger partial charge < -0.3 is 19.3 Å². The third kappa shape index (κ3) is 5.98. The number of hydrogen-bond acceptors (Lipinski definition) is 6. The number of nitriles is 1. The second-order valence-corrected chi connectivity index (χ2v) is 10.6. The lowest BCUT2D eigenvalue weighted by Crippen LogP contribution is -2.39. The zero-order valence-corrected chi connectivity index (χ0v) is 23.4. The minimum atomic E-state index is -1.06. The molecule has 8 nitrogen and oxygen atoms in total. The van der Waals surface area contributed by atoms with E-state index in [1.807, 2.05) is 10.6 Å². The summed E-state index contributed by atoms with van der Waals surface area (Å²) in [6.45, 7) is 3.05. The fraction of sp³-hybridized carbons (Fsp3) is 0.212. The molecule has 3 aromatic carbocycles. The molecule has 2 aromatic heterocycles. The van der Waals surface area contributed by atoms with Crippen molar-refractivity contribution in [3.63, 3.8) is 0 Å². The molecule has 0 aliphatic carbocycles. The van der Waals surface area contributed by atoms with Crippen molar-refractivity contribution >= 4 is 17.0 Å². The van der Waals surface area contributed by atoms with Gasteiger partial charge in [-0.2, -0.15) is 5.26 Å². The summed E-state index contributed by atoms with van der Waals surface area (Å²) in [6.07, 6.45) is 1.12. The molecule has 0 atom stereocenters. The second-order valence-electron chi connectivity index (χ2n) is 10.6. The minimum absolute atomic E-state index is 0.00709. The molecule has 0 unspecified atom stereocenters.